The maximum Gasteiger partial charge on any atom is 0.273 e. The first-order chi connectivity index (χ1) is 10.9. The molecule has 1 saturated heterocycles. The van der Waals surface area contributed by atoms with Crippen LogP contribution >= 0.6 is 0 Å². The van der Waals surface area contributed by atoms with Crippen LogP contribution in [0.3, 0.4) is 0 Å². The fourth-order valence-corrected chi connectivity index (χ4v) is 4.48. The first-order valence-electron chi connectivity index (χ1n) is 7.42. The first-order valence-corrected chi connectivity index (χ1v) is 9.25. The van der Waals surface area contributed by atoms with Crippen molar-refractivity contribution in [1.82, 2.24) is 20.3 Å². The van der Waals surface area contributed by atoms with Crippen molar-refractivity contribution in [3.05, 3.63) is 41.7 Å². The Kier molecular flexibility index (Phi) is 4.16. The molecule has 2 heterocycles. The highest BCUT2D eigenvalue weighted by Gasteiger charge is 2.28. The van der Waals surface area contributed by atoms with Gasteiger partial charge in [-0.15, -0.1) is 5.10 Å². The van der Waals surface area contributed by atoms with Crippen LogP contribution in [0.4, 0.5) is 0 Å². The summed E-state index contributed by atoms with van der Waals surface area (Å²) < 4.78 is 22.9. The standard InChI is InChI=1S/C15H18N4O3S/c1-11-14(18-19(17-11)13-5-3-2-4-6-13)15(20)16-9-12-7-8-23(21,22)10-12/h2-6,12H,7-10H2,1H3,(H,16,20)/t12-/m0/s1. The van der Waals surface area contributed by atoms with E-state index in [2.05, 4.69) is 15.5 Å². The van der Waals surface area contributed by atoms with E-state index in [0.717, 1.165) is 5.69 Å². The second kappa shape index (κ2) is 6.11. The van der Waals surface area contributed by atoms with Gasteiger partial charge in [0, 0.05) is 6.54 Å². The third-order valence-electron chi connectivity index (χ3n) is 3.86. The van der Waals surface area contributed by atoms with Gasteiger partial charge in [-0.1, -0.05) is 18.2 Å². The number of hydrogen-bond donors (Lipinski definition) is 1. The van der Waals surface area contributed by atoms with E-state index in [1.807, 2.05) is 30.3 Å². The average molecular weight is 334 g/mol. The molecule has 0 unspecified atom stereocenters. The van der Waals surface area contributed by atoms with Gasteiger partial charge in [0.25, 0.3) is 5.91 Å². The van der Waals surface area contributed by atoms with Gasteiger partial charge in [-0.2, -0.15) is 9.90 Å². The molecule has 1 amide bonds. The molecule has 0 spiro atoms. The van der Waals surface area contributed by atoms with Crippen LogP contribution in [0.15, 0.2) is 30.3 Å². The lowest BCUT2D eigenvalue weighted by molar-refractivity contribution is 0.0942. The summed E-state index contributed by atoms with van der Waals surface area (Å²) in [6.45, 7) is 2.07. The van der Waals surface area contributed by atoms with Crippen molar-refractivity contribution in [3.63, 3.8) is 0 Å². The Hall–Kier alpha value is -2.22. The number of carbonyl (C=O) groups is 1. The van der Waals surface area contributed by atoms with E-state index in [1.54, 1.807) is 6.92 Å². The fourth-order valence-electron chi connectivity index (χ4n) is 2.62. The van der Waals surface area contributed by atoms with Crippen molar-refractivity contribution < 1.29 is 13.2 Å². The Morgan fingerprint density at radius 3 is 2.70 bits per heavy atom. The summed E-state index contributed by atoms with van der Waals surface area (Å²) in [7, 11) is -2.93. The number of aryl methyl sites for hydroxylation is 1. The fraction of sp³-hybridized carbons (Fsp3) is 0.400. The van der Waals surface area contributed by atoms with Gasteiger partial charge in [0.15, 0.2) is 15.5 Å². The van der Waals surface area contributed by atoms with E-state index in [4.69, 9.17) is 0 Å². The molecule has 0 aliphatic carbocycles. The normalized spacial score (nSPS) is 19.6. The molecule has 0 saturated carbocycles. The van der Waals surface area contributed by atoms with Gasteiger partial charge in [0.05, 0.1) is 22.9 Å². The molecule has 1 aliphatic heterocycles. The molecule has 7 nitrogen and oxygen atoms in total. The maximum atomic E-state index is 12.3. The van der Waals surface area contributed by atoms with Gasteiger partial charge in [0.2, 0.25) is 0 Å². The quantitative estimate of drug-likeness (QED) is 0.890. The number of nitrogens with zero attached hydrogens (tertiary/aromatic N) is 3. The SMILES string of the molecule is Cc1nn(-c2ccccc2)nc1C(=O)NC[C@@H]1CCS(=O)(=O)C1. The molecule has 8 heteroatoms. The van der Waals surface area contributed by atoms with Crippen LogP contribution in [-0.2, 0) is 9.84 Å². The van der Waals surface area contributed by atoms with Crippen LogP contribution < -0.4 is 5.32 Å². The number of rotatable bonds is 4. The van der Waals surface area contributed by atoms with Gasteiger partial charge in [-0.3, -0.25) is 4.79 Å². The number of para-hydroxylation sites is 1. The largest absolute Gasteiger partial charge is 0.350 e. The highest BCUT2D eigenvalue weighted by molar-refractivity contribution is 7.91. The van der Waals surface area contributed by atoms with Crippen molar-refractivity contribution in [3.8, 4) is 5.69 Å². The van der Waals surface area contributed by atoms with Gasteiger partial charge in [-0.25, -0.2) is 8.42 Å². The third kappa shape index (κ3) is 3.58. The number of carbonyl (C=O) groups excluding carboxylic acids is 1. The lowest BCUT2D eigenvalue weighted by Gasteiger charge is -2.08. The van der Waals surface area contributed by atoms with Gasteiger partial charge >= 0.3 is 0 Å². The monoisotopic (exact) mass is 334 g/mol. The average Bonchev–Trinajstić information content (AvgIpc) is 3.08. The molecule has 1 atom stereocenters. The van der Waals surface area contributed by atoms with Crippen LogP contribution in [0, 0.1) is 12.8 Å². The molecule has 3 rings (SSSR count). The zero-order valence-corrected chi connectivity index (χ0v) is 13.6. The Balaban J connectivity index is 1.67. The molecular formula is C15H18N4O3S. The Bertz CT molecular complexity index is 815. The lowest BCUT2D eigenvalue weighted by atomic mass is 10.1. The smallest absolute Gasteiger partial charge is 0.273 e. The van der Waals surface area contributed by atoms with E-state index in [1.165, 1.54) is 4.80 Å². The number of hydrogen-bond acceptors (Lipinski definition) is 5. The Morgan fingerprint density at radius 1 is 1.30 bits per heavy atom. The highest BCUT2D eigenvalue weighted by Crippen LogP contribution is 2.17. The number of benzene rings is 1. The molecule has 1 aromatic carbocycles. The molecule has 1 aliphatic rings. The van der Waals surface area contributed by atoms with Crippen LogP contribution in [0.25, 0.3) is 5.69 Å². The second-order valence-electron chi connectivity index (χ2n) is 5.74. The molecule has 1 N–H and O–H groups in total. The highest BCUT2D eigenvalue weighted by atomic mass is 32.2. The molecule has 122 valence electrons. The third-order valence-corrected chi connectivity index (χ3v) is 5.70. The molecular weight excluding hydrogens is 316 g/mol. The van der Waals surface area contributed by atoms with E-state index in [9.17, 15) is 13.2 Å². The Morgan fingerprint density at radius 2 is 2.04 bits per heavy atom. The predicted molar refractivity (Wildman–Crippen MR) is 85.2 cm³/mol. The van der Waals surface area contributed by atoms with Gasteiger partial charge in [-0.05, 0) is 31.4 Å². The molecule has 0 radical (unpaired) electrons. The maximum absolute atomic E-state index is 12.3. The van der Waals surface area contributed by atoms with Crippen molar-refractivity contribution in [1.29, 1.82) is 0 Å². The zero-order valence-electron chi connectivity index (χ0n) is 12.8. The number of sulfone groups is 1. The van der Waals surface area contributed by atoms with Crippen LogP contribution in [-0.4, -0.2) is 47.4 Å². The summed E-state index contributed by atoms with van der Waals surface area (Å²) in [6, 6.07) is 9.33. The van der Waals surface area contributed by atoms with Crippen LogP contribution in [0.2, 0.25) is 0 Å². The molecule has 1 fully saturated rings. The van der Waals surface area contributed by atoms with Crippen molar-refractivity contribution in [2.75, 3.05) is 18.1 Å². The summed E-state index contributed by atoms with van der Waals surface area (Å²) in [5.74, 6) is 0.00195. The lowest BCUT2D eigenvalue weighted by Crippen LogP contribution is -2.30. The topological polar surface area (TPSA) is 93.9 Å². The van der Waals surface area contributed by atoms with Crippen molar-refractivity contribution in [2.45, 2.75) is 13.3 Å². The predicted octanol–water partition coefficient (Wildman–Crippen LogP) is 0.740. The van der Waals surface area contributed by atoms with E-state index in [-0.39, 0.29) is 29.0 Å². The number of aromatic nitrogens is 3. The molecule has 23 heavy (non-hydrogen) atoms. The summed E-state index contributed by atoms with van der Waals surface area (Å²) >= 11 is 0. The summed E-state index contributed by atoms with van der Waals surface area (Å²) in [4.78, 5) is 13.7. The first kappa shape index (κ1) is 15.7. The number of amides is 1. The minimum absolute atomic E-state index is 0.0200. The van der Waals surface area contributed by atoms with Crippen LogP contribution in [0.5, 0.6) is 0 Å². The number of nitrogens with one attached hydrogen (secondary N) is 1. The summed E-state index contributed by atoms with van der Waals surface area (Å²) in [5.41, 5.74) is 1.57. The van der Waals surface area contributed by atoms with Crippen LogP contribution in [0.1, 0.15) is 22.6 Å². The van der Waals surface area contributed by atoms with Crippen molar-refractivity contribution >= 4 is 15.7 Å². The summed E-state index contributed by atoms with van der Waals surface area (Å²) in [5, 5.41) is 11.2. The van der Waals surface area contributed by atoms with E-state index >= 15 is 0 Å². The molecule has 0 bridgehead atoms. The Labute approximate surface area is 134 Å². The van der Waals surface area contributed by atoms with Gasteiger partial charge in [0.1, 0.15) is 0 Å². The van der Waals surface area contributed by atoms with E-state index < -0.39 is 9.84 Å². The molecule has 1 aromatic heterocycles. The zero-order chi connectivity index (χ0) is 16.4. The van der Waals surface area contributed by atoms with Crippen molar-refractivity contribution in [2.24, 2.45) is 5.92 Å². The summed E-state index contributed by atoms with van der Waals surface area (Å²) in [6.07, 6.45) is 0.596. The van der Waals surface area contributed by atoms with Gasteiger partial charge < -0.3 is 5.32 Å². The second-order valence-corrected chi connectivity index (χ2v) is 7.97. The molecule has 2 aromatic rings. The minimum atomic E-state index is -2.93. The minimum Gasteiger partial charge on any atom is -0.350 e. The van der Waals surface area contributed by atoms with E-state index in [0.29, 0.717) is 18.7 Å².